The maximum Gasteiger partial charge on any atom is 0.305 e. The monoisotopic (exact) mass is 678 g/mol. The van der Waals surface area contributed by atoms with E-state index in [0.717, 1.165) is 25.7 Å². The molecule has 0 aromatic rings. The molecule has 0 aromatic heterocycles. The van der Waals surface area contributed by atoms with Crippen molar-refractivity contribution in [1.82, 2.24) is 0 Å². The van der Waals surface area contributed by atoms with Gasteiger partial charge in [-0.3, -0.25) is 9.59 Å². The quantitative estimate of drug-likeness (QED) is 0.0524. The molecule has 0 rings (SSSR count). The van der Waals surface area contributed by atoms with Gasteiger partial charge in [-0.1, -0.05) is 90.9 Å². The van der Waals surface area contributed by atoms with Gasteiger partial charge in [-0.15, -0.1) is 0 Å². The van der Waals surface area contributed by atoms with Crippen LogP contribution in [0.25, 0.3) is 0 Å². The summed E-state index contributed by atoms with van der Waals surface area (Å²) in [7, 11) is 0. The van der Waals surface area contributed by atoms with Gasteiger partial charge in [0.2, 0.25) is 0 Å². The lowest BCUT2D eigenvalue weighted by atomic mass is 10.1. The van der Waals surface area contributed by atoms with E-state index < -0.39 is 0 Å². The predicted octanol–water partition coefficient (Wildman–Crippen LogP) is 6.47. The number of hydrogen-bond donors (Lipinski definition) is 0. The van der Waals surface area contributed by atoms with E-state index in [9.17, 15) is 9.59 Å². The number of ether oxygens (including phenoxy) is 9. The van der Waals surface area contributed by atoms with Crippen LogP contribution in [-0.4, -0.2) is 118 Å². The fourth-order valence-electron chi connectivity index (χ4n) is 4.45. The standard InChI is InChI=1S/C36H70O11/c1-3-5-7-9-11-13-15-17-35(37)46-33-31-44-29-27-42-25-23-40-21-19-39-20-22-41-24-26-43-28-30-45-32-34-47-36(38)18-16-14-12-10-8-6-4-2/h3-34H2,1-2H3. The van der Waals surface area contributed by atoms with Crippen molar-refractivity contribution in [2.75, 3.05) is 106 Å². The molecule has 0 unspecified atom stereocenters. The average Bonchev–Trinajstić information content (AvgIpc) is 3.07. The van der Waals surface area contributed by atoms with E-state index in [2.05, 4.69) is 13.8 Å². The molecule has 0 aromatic carbocycles. The second-order valence-electron chi connectivity index (χ2n) is 11.5. The highest BCUT2D eigenvalue weighted by Crippen LogP contribution is 2.09. The number of hydrogen-bond acceptors (Lipinski definition) is 11. The van der Waals surface area contributed by atoms with Crippen LogP contribution >= 0.6 is 0 Å². The van der Waals surface area contributed by atoms with Crippen LogP contribution in [0.5, 0.6) is 0 Å². The normalized spacial score (nSPS) is 11.3. The van der Waals surface area contributed by atoms with Crippen LogP contribution in [0.3, 0.4) is 0 Å². The first-order chi connectivity index (χ1) is 23.2. The van der Waals surface area contributed by atoms with Gasteiger partial charge in [-0.25, -0.2) is 0 Å². The van der Waals surface area contributed by atoms with Crippen LogP contribution in [0, 0.1) is 0 Å². The van der Waals surface area contributed by atoms with E-state index in [4.69, 9.17) is 42.6 Å². The second-order valence-corrected chi connectivity index (χ2v) is 11.5. The number of esters is 2. The van der Waals surface area contributed by atoms with Crippen LogP contribution in [0.2, 0.25) is 0 Å². The average molecular weight is 679 g/mol. The number of unbranched alkanes of at least 4 members (excludes halogenated alkanes) is 12. The molecular formula is C36H70O11. The molecule has 0 N–H and O–H groups in total. The summed E-state index contributed by atoms with van der Waals surface area (Å²) in [6.45, 7) is 11.5. The van der Waals surface area contributed by atoms with E-state index >= 15 is 0 Å². The zero-order valence-corrected chi connectivity index (χ0v) is 30.1. The maximum atomic E-state index is 11.7. The predicted molar refractivity (Wildman–Crippen MR) is 183 cm³/mol. The van der Waals surface area contributed by atoms with E-state index in [1.54, 1.807) is 0 Å². The third-order valence-corrected chi connectivity index (χ3v) is 7.18. The molecular weight excluding hydrogens is 608 g/mol. The van der Waals surface area contributed by atoms with Crippen molar-refractivity contribution in [2.24, 2.45) is 0 Å². The smallest absolute Gasteiger partial charge is 0.305 e. The lowest BCUT2D eigenvalue weighted by Gasteiger charge is -2.09. The van der Waals surface area contributed by atoms with Crippen molar-refractivity contribution in [3.8, 4) is 0 Å². The summed E-state index contributed by atoms with van der Waals surface area (Å²) in [6, 6.07) is 0. The molecule has 47 heavy (non-hydrogen) atoms. The molecule has 280 valence electrons. The first-order valence-electron chi connectivity index (χ1n) is 18.6. The van der Waals surface area contributed by atoms with Crippen molar-refractivity contribution in [1.29, 1.82) is 0 Å². The largest absolute Gasteiger partial charge is 0.463 e. The molecule has 0 aliphatic heterocycles. The molecule has 0 heterocycles. The molecule has 0 radical (unpaired) electrons. The molecule has 0 aliphatic rings. The minimum absolute atomic E-state index is 0.141. The Morgan fingerprint density at radius 3 is 0.766 bits per heavy atom. The molecule has 0 saturated heterocycles. The number of carbonyl (C=O) groups is 2. The number of carbonyl (C=O) groups excluding carboxylic acids is 2. The highest BCUT2D eigenvalue weighted by Gasteiger charge is 2.04. The van der Waals surface area contributed by atoms with Crippen molar-refractivity contribution in [3.05, 3.63) is 0 Å². The summed E-state index contributed by atoms with van der Waals surface area (Å²) in [4.78, 5) is 23.4. The third kappa shape index (κ3) is 40.7. The van der Waals surface area contributed by atoms with Gasteiger partial charge in [0.15, 0.2) is 0 Å². The third-order valence-electron chi connectivity index (χ3n) is 7.18. The topological polar surface area (TPSA) is 117 Å². The zero-order valence-electron chi connectivity index (χ0n) is 30.1. The van der Waals surface area contributed by atoms with E-state index in [1.165, 1.54) is 64.2 Å². The van der Waals surface area contributed by atoms with Gasteiger partial charge < -0.3 is 42.6 Å². The van der Waals surface area contributed by atoms with Gasteiger partial charge in [0.05, 0.1) is 92.5 Å². The maximum absolute atomic E-state index is 11.7. The summed E-state index contributed by atoms with van der Waals surface area (Å²) in [5.74, 6) is -0.282. The summed E-state index contributed by atoms with van der Waals surface area (Å²) in [5.41, 5.74) is 0. The summed E-state index contributed by atoms with van der Waals surface area (Å²) in [6.07, 6.45) is 17.6. The molecule has 0 atom stereocenters. The van der Waals surface area contributed by atoms with Crippen LogP contribution < -0.4 is 0 Å². The van der Waals surface area contributed by atoms with Crippen LogP contribution in [-0.2, 0) is 52.2 Å². The van der Waals surface area contributed by atoms with Crippen molar-refractivity contribution in [3.63, 3.8) is 0 Å². The van der Waals surface area contributed by atoms with Crippen LogP contribution in [0.4, 0.5) is 0 Å². The highest BCUT2D eigenvalue weighted by molar-refractivity contribution is 5.69. The Morgan fingerprint density at radius 2 is 0.511 bits per heavy atom. The molecule has 0 aliphatic carbocycles. The van der Waals surface area contributed by atoms with Crippen molar-refractivity contribution >= 4 is 11.9 Å². The van der Waals surface area contributed by atoms with E-state index in [-0.39, 0.29) is 25.2 Å². The Labute approximate surface area is 286 Å². The summed E-state index contributed by atoms with van der Waals surface area (Å²) >= 11 is 0. The Bertz CT molecular complexity index is 584. The highest BCUT2D eigenvalue weighted by atomic mass is 16.6. The Morgan fingerprint density at radius 1 is 0.298 bits per heavy atom. The zero-order chi connectivity index (χ0) is 34.1. The lowest BCUT2D eigenvalue weighted by Crippen LogP contribution is -2.15. The summed E-state index contributed by atoms with van der Waals surface area (Å²) < 4.78 is 48.6. The number of rotatable bonds is 40. The minimum atomic E-state index is -0.141. The molecule has 0 saturated carbocycles. The van der Waals surface area contributed by atoms with Gasteiger partial charge >= 0.3 is 11.9 Å². The van der Waals surface area contributed by atoms with E-state index in [0.29, 0.717) is 105 Å². The molecule has 0 fully saturated rings. The van der Waals surface area contributed by atoms with Crippen LogP contribution in [0.1, 0.15) is 117 Å². The molecule has 0 amide bonds. The molecule has 0 bridgehead atoms. The van der Waals surface area contributed by atoms with Gasteiger partial charge in [0.1, 0.15) is 13.2 Å². The van der Waals surface area contributed by atoms with Crippen LogP contribution in [0.15, 0.2) is 0 Å². The fourth-order valence-corrected chi connectivity index (χ4v) is 4.45. The van der Waals surface area contributed by atoms with Gasteiger partial charge in [0, 0.05) is 12.8 Å². The fraction of sp³-hybridized carbons (Fsp3) is 0.944. The Hall–Kier alpha value is -1.34. The minimum Gasteiger partial charge on any atom is -0.463 e. The first kappa shape index (κ1) is 45.7. The first-order valence-corrected chi connectivity index (χ1v) is 18.6. The molecule has 11 heteroatoms. The Kier molecular flexibility index (Phi) is 39.7. The SMILES string of the molecule is CCCCCCCCCC(=O)OCCOCCOCCOCCOCCOCCOCCOCCOC(=O)CCCCCCCCC. The van der Waals surface area contributed by atoms with Crippen molar-refractivity contribution in [2.45, 2.75) is 117 Å². The van der Waals surface area contributed by atoms with E-state index in [1.807, 2.05) is 0 Å². The lowest BCUT2D eigenvalue weighted by molar-refractivity contribution is -0.146. The molecule has 11 nitrogen and oxygen atoms in total. The summed E-state index contributed by atoms with van der Waals surface area (Å²) in [5, 5.41) is 0. The molecule has 0 spiro atoms. The second kappa shape index (κ2) is 40.8. The Balaban J connectivity index is 3.15. The van der Waals surface area contributed by atoms with Gasteiger partial charge in [-0.05, 0) is 12.8 Å². The van der Waals surface area contributed by atoms with Gasteiger partial charge in [0.25, 0.3) is 0 Å². The van der Waals surface area contributed by atoms with Gasteiger partial charge in [-0.2, -0.15) is 0 Å². The van der Waals surface area contributed by atoms with Crippen molar-refractivity contribution < 1.29 is 52.2 Å².